The van der Waals surface area contributed by atoms with Crippen molar-refractivity contribution >= 4 is 0 Å². The molecule has 33 heavy (non-hydrogen) atoms. The highest BCUT2D eigenvalue weighted by molar-refractivity contribution is 5.15. The van der Waals surface area contributed by atoms with Gasteiger partial charge in [-0.1, -0.05) is 97.9 Å². The highest BCUT2D eigenvalue weighted by Crippen LogP contribution is 2.25. The highest BCUT2D eigenvalue weighted by atomic mass is 16.5. The van der Waals surface area contributed by atoms with Gasteiger partial charge in [0.1, 0.15) is 6.10 Å². The van der Waals surface area contributed by atoms with Gasteiger partial charge in [-0.3, -0.25) is 0 Å². The van der Waals surface area contributed by atoms with Crippen molar-refractivity contribution < 1.29 is 14.2 Å². The van der Waals surface area contributed by atoms with Crippen LogP contribution in [-0.2, 0) is 34.0 Å². The van der Waals surface area contributed by atoms with Gasteiger partial charge >= 0.3 is 0 Å². The Morgan fingerprint density at radius 2 is 1.21 bits per heavy atom. The molecule has 1 N–H and O–H groups in total. The summed E-state index contributed by atoms with van der Waals surface area (Å²) in [5.41, 5.74) is 3.53. The van der Waals surface area contributed by atoms with Crippen LogP contribution in [0.15, 0.2) is 91.0 Å². The number of hydrogen-bond donors (Lipinski definition) is 1. The van der Waals surface area contributed by atoms with Gasteiger partial charge in [0.25, 0.3) is 0 Å². The molecule has 3 aromatic carbocycles. The molecule has 0 aliphatic carbocycles. The lowest BCUT2D eigenvalue weighted by Gasteiger charge is -2.42. The number of rotatable bonds is 11. The van der Waals surface area contributed by atoms with E-state index in [1.165, 1.54) is 16.7 Å². The zero-order valence-corrected chi connectivity index (χ0v) is 19.4. The summed E-state index contributed by atoms with van der Waals surface area (Å²) in [7, 11) is 0. The standard InChI is InChI=1S/C29H35NO3/c1-2-26-18-28(32-20-24-14-8-4-9-15-24)29(33-21-25-16-10-5-11-17-25)27(30-26)22-31-19-23-12-6-3-7-13-23/h3-17,26-30H,2,18-22H2,1H3/t26-,27-,28-,29-/m1/s1. The molecule has 4 rings (SSSR count). The third kappa shape index (κ3) is 7.24. The number of ether oxygens (including phenoxy) is 3. The van der Waals surface area contributed by atoms with Crippen LogP contribution < -0.4 is 5.32 Å². The van der Waals surface area contributed by atoms with E-state index in [0.717, 1.165) is 12.8 Å². The molecule has 174 valence electrons. The molecule has 0 radical (unpaired) electrons. The Labute approximate surface area is 197 Å². The van der Waals surface area contributed by atoms with E-state index in [1.54, 1.807) is 0 Å². The lowest BCUT2D eigenvalue weighted by atomic mass is 9.91. The molecule has 1 saturated heterocycles. The van der Waals surface area contributed by atoms with Gasteiger partial charge < -0.3 is 19.5 Å². The molecule has 1 aliphatic rings. The minimum absolute atomic E-state index is 0.00504. The Hall–Kier alpha value is -2.50. The number of nitrogens with one attached hydrogen (secondary N) is 1. The van der Waals surface area contributed by atoms with Gasteiger partial charge in [-0.25, -0.2) is 0 Å². The van der Waals surface area contributed by atoms with Gasteiger partial charge in [-0.2, -0.15) is 0 Å². The Kier molecular flexibility index (Phi) is 9.08. The van der Waals surface area contributed by atoms with E-state index in [9.17, 15) is 0 Å². The molecule has 1 fully saturated rings. The fourth-order valence-corrected chi connectivity index (χ4v) is 4.38. The maximum atomic E-state index is 6.51. The van der Waals surface area contributed by atoms with E-state index in [-0.39, 0.29) is 18.2 Å². The second-order valence-electron chi connectivity index (χ2n) is 8.71. The monoisotopic (exact) mass is 445 g/mol. The molecule has 0 unspecified atom stereocenters. The molecule has 4 atom stereocenters. The predicted molar refractivity (Wildman–Crippen MR) is 132 cm³/mol. The van der Waals surface area contributed by atoms with E-state index < -0.39 is 0 Å². The third-order valence-corrected chi connectivity index (χ3v) is 6.22. The average molecular weight is 446 g/mol. The van der Waals surface area contributed by atoms with Crippen molar-refractivity contribution in [3.63, 3.8) is 0 Å². The third-order valence-electron chi connectivity index (χ3n) is 6.22. The van der Waals surface area contributed by atoms with Crippen LogP contribution in [0.5, 0.6) is 0 Å². The fourth-order valence-electron chi connectivity index (χ4n) is 4.38. The van der Waals surface area contributed by atoms with Crippen LogP contribution in [0.3, 0.4) is 0 Å². The zero-order chi connectivity index (χ0) is 22.7. The number of benzene rings is 3. The Balaban J connectivity index is 1.44. The van der Waals surface area contributed by atoms with Crippen LogP contribution in [0.1, 0.15) is 36.5 Å². The van der Waals surface area contributed by atoms with Crippen molar-refractivity contribution in [3.8, 4) is 0 Å². The van der Waals surface area contributed by atoms with Crippen LogP contribution in [0, 0.1) is 0 Å². The van der Waals surface area contributed by atoms with Gasteiger partial charge in [-0.05, 0) is 29.5 Å². The smallest absolute Gasteiger partial charge is 0.102 e. The summed E-state index contributed by atoms with van der Waals surface area (Å²) in [5, 5.41) is 3.77. The summed E-state index contributed by atoms with van der Waals surface area (Å²) >= 11 is 0. The maximum absolute atomic E-state index is 6.51. The van der Waals surface area contributed by atoms with Gasteiger partial charge in [0.05, 0.1) is 38.6 Å². The van der Waals surface area contributed by atoms with Crippen molar-refractivity contribution in [1.82, 2.24) is 5.32 Å². The first kappa shape index (κ1) is 23.7. The topological polar surface area (TPSA) is 39.7 Å². The molecule has 0 aromatic heterocycles. The van der Waals surface area contributed by atoms with E-state index in [2.05, 4.69) is 72.9 Å². The van der Waals surface area contributed by atoms with Gasteiger partial charge in [-0.15, -0.1) is 0 Å². The van der Waals surface area contributed by atoms with Crippen molar-refractivity contribution in [3.05, 3.63) is 108 Å². The normalized spacial score (nSPS) is 22.8. The molecule has 4 nitrogen and oxygen atoms in total. The predicted octanol–water partition coefficient (Wildman–Crippen LogP) is 5.51. The van der Waals surface area contributed by atoms with E-state index in [1.807, 2.05) is 30.3 Å². The number of piperidine rings is 1. The largest absolute Gasteiger partial charge is 0.375 e. The molecular formula is C29H35NO3. The Bertz CT molecular complexity index is 919. The minimum atomic E-state index is -0.0903. The molecule has 1 aliphatic heterocycles. The molecule has 0 saturated carbocycles. The lowest BCUT2D eigenvalue weighted by Crippen LogP contribution is -2.60. The first-order valence-electron chi connectivity index (χ1n) is 12.0. The molecule has 0 amide bonds. The first-order chi connectivity index (χ1) is 16.3. The Morgan fingerprint density at radius 1 is 0.697 bits per heavy atom. The van der Waals surface area contributed by atoms with Crippen molar-refractivity contribution in [2.24, 2.45) is 0 Å². The highest BCUT2D eigenvalue weighted by Gasteiger charge is 2.38. The van der Waals surface area contributed by atoms with Crippen LogP contribution in [0.25, 0.3) is 0 Å². The van der Waals surface area contributed by atoms with E-state index in [4.69, 9.17) is 14.2 Å². The SMILES string of the molecule is CC[C@@H]1C[C@@H](OCc2ccccc2)[C@H](OCc2ccccc2)[C@@H](COCc2ccccc2)N1. The second-order valence-corrected chi connectivity index (χ2v) is 8.71. The zero-order valence-electron chi connectivity index (χ0n) is 19.4. The summed E-state index contributed by atoms with van der Waals surface area (Å²) in [6.07, 6.45) is 1.89. The van der Waals surface area contributed by atoms with E-state index in [0.29, 0.717) is 32.5 Å². The van der Waals surface area contributed by atoms with Crippen LogP contribution in [0.4, 0.5) is 0 Å². The fraction of sp³-hybridized carbons (Fsp3) is 0.379. The molecule has 1 heterocycles. The molecular weight excluding hydrogens is 410 g/mol. The van der Waals surface area contributed by atoms with Gasteiger partial charge in [0, 0.05) is 6.04 Å². The summed E-state index contributed by atoms with van der Waals surface area (Å²) in [5.74, 6) is 0. The Morgan fingerprint density at radius 3 is 1.76 bits per heavy atom. The van der Waals surface area contributed by atoms with Crippen LogP contribution >= 0.6 is 0 Å². The van der Waals surface area contributed by atoms with E-state index >= 15 is 0 Å². The summed E-state index contributed by atoms with van der Waals surface area (Å²) < 4.78 is 19.1. The van der Waals surface area contributed by atoms with Crippen LogP contribution in [-0.4, -0.2) is 30.9 Å². The molecule has 4 heteroatoms. The van der Waals surface area contributed by atoms with Crippen molar-refractivity contribution in [2.75, 3.05) is 6.61 Å². The second kappa shape index (κ2) is 12.7. The summed E-state index contributed by atoms with van der Waals surface area (Å²) in [4.78, 5) is 0. The minimum Gasteiger partial charge on any atom is -0.375 e. The van der Waals surface area contributed by atoms with Crippen molar-refractivity contribution in [1.29, 1.82) is 0 Å². The average Bonchev–Trinajstić information content (AvgIpc) is 2.88. The molecule has 3 aromatic rings. The summed E-state index contributed by atoms with van der Waals surface area (Å²) in [6, 6.07) is 31.5. The van der Waals surface area contributed by atoms with Crippen LogP contribution in [0.2, 0.25) is 0 Å². The summed E-state index contributed by atoms with van der Waals surface area (Å²) in [6.45, 7) is 4.54. The first-order valence-corrected chi connectivity index (χ1v) is 12.0. The molecule has 0 bridgehead atoms. The maximum Gasteiger partial charge on any atom is 0.102 e. The number of hydrogen-bond acceptors (Lipinski definition) is 4. The lowest BCUT2D eigenvalue weighted by molar-refractivity contribution is -0.133. The molecule has 0 spiro atoms. The quantitative estimate of drug-likeness (QED) is 0.422. The van der Waals surface area contributed by atoms with Gasteiger partial charge in [0.2, 0.25) is 0 Å². The van der Waals surface area contributed by atoms with Gasteiger partial charge in [0.15, 0.2) is 0 Å². The van der Waals surface area contributed by atoms with Crippen molar-refractivity contribution in [2.45, 2.75) is 63.9 Å².